The molecule has 0 unspecified atom stereocenters. The van der Waals surface area contributed by atoms with Crippen LogP contribution in [0.4, 0.5) is 28.9 Å². The molecule has 0 radical (unpaired) electrons. The first-order valence-electron chi connectivity index (χ1n) is 9.97. The number of aryl methyl sites for hydroxylation is 2. The van der Waals surface area contributed by atoms with Gasteiger partial charge in [0.2, 0.25) is 0 Å². The number of anilines is 2. The normalized spacial score (nSPS) is 14.3. The van der Waals surface area contributed by atoms with Crippen LogP contribution in [0, 0.1) is 19.7 Å². The topological polar surface area (TPSA) is 49.4 Å². The van der Waals surface area contributed by atoms with Gasteiger partial charge in [0.05, 0.1) is 16.8 Å². The molecule has 1 N–H and O–H groups in total. The molecular formula is C25H18F4N2O2. The summed E-state index contributed by atoms with van der Waals surface area (Å²) in [6.45, 7) is 3.65. The van der Waals surface area contributed by atoms with E-state index >= 15 is 0 Å². The van der Waals surface area contributed by atoms with Crippen LogP contribution in [0.2, 0.25) is 0 Å². The fraction of sp³-hybridized carbons (Fsp3) is 0.120. The highest BCUT2D eigenvalue weighted by molar-refractivity contribution is 6.46. The largest absolute Gasteiger partial charge is 0.416 e. The molecule has 0 saturated heterocycles. The van der Waals surface area contributed by atoms with Gasteiger partial charge in [-0.1, -0.05) is 29.8 Å². The van der Waals surface area contributed by atoms with Crippen molar-refractivity contribution in [3.05, 3.63) is 100 Å². The van der Waals surface area contributed by atoms with Crippen LogP contribution in [0.15, 0.2) is 72.4 Å². The number of hydrogen-bond acceptors (Lipinski definition) is 3. The van der Waals surface area contributed by atoms with Crippen LogP contribution in [0.5, 0.6) is 0 Å². The van der Waals surface area contributed by atoms with Gasteiger partial charge in [-0.25, -0.2) is 9.29 Å². The maximum atomic E-state index is 13.4. The van der Waals surface area contributed by atoms with Crippen LogP contribution < -0.4 is 10.2 Å². The van der Waals surface area contributed by atoms with Gasteiger partial charge in [-0.3, -0.25) is 9.59 Å². The Morgan fingerprint density at radius 3 is 2.18 bits per heavy atom. The average Bonchev–Trinajstić information content (AvgIpc) is 2.98. The van der Waals surface area contributed by atoms with E-state index in [4.69, 9.17) is 0 Å². The van der Waals surface area contributed by atoms with Gasteiger partial charge in [0.15, 0.2) is 0 Å². The predicted octanol–water partition coefficient (Wildman–Crippen LogP) is 5.86. The van der Waals surface area contributed by atoms with Crippen molar-refractivity contribution in [3.8, 4) is 0 Å². The van der Waals surface area contributed by atoms with Crippen LogP contribution in [-0.4, -0.2) is 11.8 Å². The number of carbonyl (C=O) groups excluding carboxylic acids is 2. The SMILES string of the molecule is Cc1ccc(C2=C(Nc3cccc(C(F)(F)F)c3)C(=O)N(c3ccc(F)cc3)C2=O)c(C)c1. The van der Waals surface area contributed by atoms with Gasteiger partial charge in [-0.2, -0.15) is 13.2 Å². The maximum absolute atomic E-state index is 13.4. The molecule has 0 bridgehead atoms. The number of imide groups is 1. The quantitative estimate of drug-likeness (QED) is 0.397. The molecule has 1 aliphatic rings. The zero-order valence-electron chi connectivity index (χ0n) is 17.6. The van der Waals surface area contributed by atoms with Gasteiger partial charge >= 0.3 is 6.18 Å². The predicted molar refractivity (Wildman–Crippen MR) is 117 cm³/mol. The lowest BCUT2D eigenvalue weighted by molar-refractivity contribution is -0.137. The molecule has 168 valence electrons. The summed E-state index contributed by atoms with van der Waals surface area (Å²) in [4.78, 5) is 27.6. The second-order valence-electron chi connectivity index (χ2n) is 7.69. The molecule has 4 rings (SSSR count). The summed E-state index contributed by atoms with van der Waals surface area (Å²) in [5.41, 5.74) is 1.26. The van der Waals surface area contributed by atoms with E-state index in [0.29, 0.717) is 5.56 Å². The Labute approximate surface area is 187 Å². The average molecular weight is 454 g/mol. The van der Waals surface area contributed by atoms with Crippen LogP contribution >= 0.6 is 0 Å². The van der Waals surface area contributed by atoms with Crippen molar-refractivity contribution in [1.29, 1.82) is 0 Å². The number of halogens is 4. The molecule has 0 spiro atoms. The van der Waals surface area contributed by atoms with Crippen molar-refractivity contribution in [1.82, 2.24) is 0 Å². The maximum Gasteiger partial charge on any atom is 0.416 e. The van der Waals surface area contributed by atoms with Gasteiger partial charge in [0.25, 0.3) is 11.8 Å². The van der Waals surface area contributed by atoms with Crippen molar-refractivity contribution < 1.29 is 27.2 Å². The minimum atomic E-state index is -4.57. The highest BCUT2D eigenvalue weighted by Crippen LogP contribution is 2.36. The Morgan fingerprint density at radius 1 is 0.848 bits per heavy atom. The molecule has 0 atom stereocenters. The highest BCUT2D eigenvalue weighted by atomic mass is 19.4. The second-order valence-corrected chi connectivity index (χ2v) is 7.69. The van der Waals surface area contributed by atoms with Crippen molar-refractivity contribution in [2.75, 3.05) is 10.2 Å². The van der Waals surface area contributed by atoms with E-state index < -0.39 is 29.4 Å². The first kappa shape index (κ1) is 22.3. The number of benzene rings is 3. The third-order valence-corrected chi connectivity index (χ3v) is 5.28. The zero-order chi connectivity index (χ0) is 23.9. The second kappa shape index (κ2) is 8.20. The first-order chi connectivity index (χ1) is 15.6. The van der Waals surface area contributed by atoms with Gasteiger partial charge in [0, 0.05) is 5.69 Å². The van der Waals surface area contributed by atoms with E-state index in [1.165, 1.54) is 24.3 Å². The molecule has 2 amide bonds. The number of nitrogens with one attached hydrogen (secondary N) is 1. The van der Waals surface area contributed by atoms with Crippen molar-refractivity contribution in [2.45, 2.75) is 20.0 Å². The number of amides is 2. The molecule has 0 aromatic heterocycles. The molecule has 3 aromatic rings. The van der Waals surface area contributed by atoms with E-state index in [1.54, 1.807) is 19.1 Å². The van der Waals surface area contributed by atoms with Crippen molar-refractivity contribution in [2.24, 2.45) is 0 Å². The van der Waals surface area contributed by atoms with Crippen LogP contribution in [0.1, 0.15) is 22.3 Å². The van der Waals surface area contributed by atoms with Crippen LogP contribution in [-0.2, 0) is 15.8 Å². The summed E-state index contributed by atoms with van der Waals surface area (Å²) in [6.07, 6.45) is -4.57. The van der Waals surface area contributed by atoms with Crippen molar-refractivity contribution >= 4 is 28.8 Å². The number of rotatable bonds is 4. The molecule has 8 heteroatoms. The summed E-state index contributed by atoms with van der Waals surface area (Å²) < 4.78 is 52.9. The molecule has 0 aliphatic carbocycles. The Morgan fingerprint density at radius 2 is 1.55 bits per heavy atom. The lowest BCUT2D eigenvalue weighted by Gasteiger charge is -2.15. The Hall–Kier alpha value is -3.94. The van der Waals surface area contributed by atoms with E-state index in [9.17, 15) is 27.2 Å². The van der Waals surface area contributed by atoms with Crippen LogP contribution in [0.3, 0.4) is 0 Å². The molecule has 4 nitrogen and oxygen atoms in total. The van der Waals surface area contributed by atoms with E-state index in [1.807, 2.05) is 13.0 Å². The number of nitrogens with zero attached hydrogens (tertiary/aromatic N) is 1. The Kier molecular flexibility index (Phi) is 5.53. The smallest absolute Gasteiger partial charge is 0.350 e. The van der Waals surface area contributed by atoms with Crippen LogP contribution in [0.25, 0.3) is 5.57 Å². The fourth-order valence-corrected chi connectivity index (χ4v) is 3.73. The van der Waals surface area contributed by atoms with Crippen molar-refractivity contribution in [3.63, 3.8) is 0 Å². The lowest BCUT2D eigenvalue weighted by atomic mass is 9.97. The molecular weight excluding hydrogens is 436 g/mol. The highest BCUT2D eigenvalue weighted by Gasteiger charge is 2.41. The van der Waals surface area contributed by atoms with E-state index in [2.05, 4.69) is 5.32 Å². The lowest BCUT2D eigenvalue weighted by Crippen LogP contribution is -2.32. The van der Waals surface area contributed by atoms with Gasteiger partial charge < -0.3 is 5.32 Å². The molecule has 3 aromatic carbocycles. The zero-order valence-corrected chi connectivity index (χ0v) is 17.6. The molecule has 0 saturated carbocycles. The van der Waals surface area contributed by atoms with E-state index in [0.717, 1.165) is 40.3 Å². The molecule has 0 fully saturated rings. The number of carbonyl (C=O) groups is 2. The monoisotopic (exact) mass is 454 g/mol. The minimum Gasteiger partial charge on any atom is -0.350 e. The van der Waals surface area contributed by atoms with Gasteiger partial charge in [0.1, 0.15) is 11.5 Å². The van der Waals surface area contributed by atoms with Gasteiger partial charge in [-0.05, 0) is 67.4 Å². The third kappa shape index (κ3) is 4.24. The summed E-state index contributed by atoms with van der Waals surface area (Å²) >= 11 is 0. The van der Waals surface area contributed by atoms with E-state index in [-0.39, 0.29) is 22.6 Å². The van der Waals surface area contributed by atoms with Gasteiger partial charge in [-0.15, -0.1) is 0 Å². The Bertz CT molecular complexity index is 1290. The fourth-order valence-electron chi connectivity index (χ4n) is 3.73. The number of alkyl halides is 3. The summed E-state index contributed by atoms with van der Waals surface area (Å²) in [5.74, 6) is -1.95. The summed E-state index contributed by atoms with van der Waals surface area (Å²) in [7, 11) is 0. The molecule has 1 heterocycles. The molecule has 33 heavy (non-hydrogen) atoms. The number of hydrogen-bond donors (Lipinski definition) is 1. The Balaban J connectivity index is 1.85. The first-order valence-corrected chi connectivity index (χ1v) is 9.97. The summed E-state index contributed by atoms with van der Waals surface area (Å²) in [5, 5.41) is 2.73. The summed E-state index contributed by atoms with van der Waals surface area (Å²) in [6, 6.07) is 14.5. The third-order valence-electron chi connectivity index (χ3n) is 5.28. The molecule has 1 aliphatic heterocycles. The standard InChI is InChI=1S/C25H18F4N2O2/c1-14-6-11-20(15(2)12-14)21-22(30-18-5-3-4-16(13-18)25(27,28)29)24(33)31(23(21)32)19-9-7-17(26)8-10-19/h3-13,30H,1-2H3. The minimum absolute atomic E-state index is 0.00389.